The molecule has 1 aliphatic heterocycles. The van der Waals surface area contributed by atoms with Crippen molar-refractivity contribution in [2.75, 3.05) is 6.61 Å². The first-order chi connectivity index (χ1) is 9.65. The van der Waals surface area contributed by atoms with Crippen LogP contribution in [0.5, 0.6) is 0 Å². The predicted octanol–water partition coefficient (Wildman–Crippen LogP) is 2.33. The van der Waals surface area contributed by atoms with Gasteiger partial charge in [-0.3, -0.25) is 0 Å². The number of nitrogens with zero attached hydrogens (tertiary/aromatic N) is 2. The second-order valence-electron chi connectivity index (χ2n) is 4.81. The highest BCUT2D eigenvalue weighted by atomic mass is 16.5. The van der Waals surface area contributed by atoms with Crippen molar-refractivity contribution in [3.63, 3.8) is 0 Å². The summed E-state index contributed by atoms with van der Waals surface area (Å²) in [6.07, 6.45) is 0.957. The Kier molecular flexibility index (Phi) is 3.23. The topological polar surface area (TPSA) is 85.5 Å². The Morgan fingerprint density at radius 1 is 1.35 bits per heavy atom. The molecule has 0 spiro atoms. The zero-order valence-corrected chi connectivity index (χ0v) is 10.9. The molecule has 0 amide bonds. The lowest BCUT2D eigenvalue weighted by Crippen LogP contribution is -2.09. The fourth-order valence-electron chi connectivity index (χ4n) is 2.32. The number of hydrogen-bond donors (Lipinski definition) is 1. The zero-order valence-electron chi connectivity index (χ0n) is 10.9. The molecule has 2 atom stereocenters. The van der Waals surface area contributed by atoms with Gasteiger partial charge in [-0.25, -0.2) is 4.79 Å². The normalized spacial score (nSPS) is 22.1. The van der Waals surface area contributed by atoms with E-state index in [1.807, 2.05) is 6.92 Å². The number of carboxylic acids is 1. The van der Waals surface area contributed by atoms with E-state index in [0.29, 0.717) is 18.3 Å². The largest absolute Gasteiger partial charge is 0.478 e. The first kappa shape index (κ1) is 12.8. The Morgan fingerprint density at radius 3 is 2.70 bits per heavy atom. The number of aromatic carboxylic acids is 1. The molecule has 1 aliphatic rings. The fourth-order valence-corrected chi connectivity index (χ4v) is 2.32. The lowest BCUT2D eigenvalue weighted by Gasteiger charge is -2.07. The number of carboxylic acid groups (broad SMARTS) is 1. The van der Waals surface area contributed by atoms with Gasteiger partial charge in [-0.2, -0.15) is 4.98 Å². The summed E-state index contributed by atoms with van der Waals surface area (Å²) >= 11 is 0. The van der Waals surface area contributed by atoms with Crippen LogP contribution in [0.2, 0.25) is 0 Å². The van der Waals surface area contributed by atoms with Crippen molar-refractivity contribution >= 4 is 5.97 Å². The Balaban J connectivity index is 1.84. The van der Waals surface area contributed by atoms with E-state index in [1.165, 1.54) is 12.1 Å². The third kappa shape index (κ3) is 2.30. The molecule has 0 radical (unpaired) electrons. The lowest BCUT2D eigenvalue weighted by atomic mass is 10.0. The van der Waals surface area contributed by atoms with Crippen molar-refractivity contribution in [3.05, 3.63) is 35.7 Å². The van der Waals surface area contributed by atoms with E-state index >= 15 is 0 Å². The molecule has 6 nitrogen and oxygen atoms in total. The van der Waals surface area contributed by atoms with E-state index in [-0.39, 0.29) is 17.6 Å². The Labute approximate surface area is 115 Å². The van der Waals surface area contributed by atoms with Gasteiger partial charge < -0.3 is 14.4 Å². The van der Waals surface area contributed by atoms with Crippen molar-refractivity contribution in [1.82, 2.24) is 10.1 Å². The minimum Gasteiger partial charge on any atom is -0.478 e. The summed E-state index contributed by atoms with van der Waals surface area (Å²) in [5, 5.41) is 12.8. The van der Waals surface area contributed by atoms with Gasteiger partial charge in [-0.15, -0.1) is 0 Å². The molecule has 0 aliphatic carbocycles. The van der Waals surface area contributed by atoms with Gasteiger partial charge in [-0.05, 0) is 25.5 Å². The molecule has 2 unspecified atom stereocenters. The molecular formula is C14H14N2O4. The Hall–Kier alpha value is -2.21. The number of ether oxygens (including phenoxy) is 1. The summed E-state index contributed by atoms with van der Waals surface area (Å²) in [6, 6.07) is 6.39. The monoisotopic (exact) mass is 274 g/mol. The fraction of sp³-hybridized carbons (Fsp3) is 0.357. The second-order valence-corrected chi connectivity index (χ2v) is 4.81. The molecule has 20 heavy (non-hydrogen) atoms. The molecule has 1 aromatic carbocycles. The van der Waals surface area contributed by atoms with E-state index in [1.54, 1.807) is 12.1 Å². The van der Waals surface area contributed by atoms with Crippen LogP contribution in [-0.4, -0.2) is 33.9 Å². The molecule has 1 fully saturated rings. The summed E-state index contributed by atoms with van der Waals surface area (Å²) in [7, 11) is 0. The highest BCUT2D eigenvalue weighted by Crippen LogP contribution is 2.31. The van der Waals surface area contributed by atoms with Gasteiger partial charge in [0.05, 0.1) is 17.6 Å². The van der Waals surface area contributed by atoms with Crippen LogP contribution in [0.1, 0.15) is 35.5 Å². The van der Waals surface area contributed by atoms with Crippen molar-refractivity contribution in [3.8, 4) is 11.4 Å². The molecular weight excluding hydrogens is 260 g/mol. The van der Waals surface area contributed by atoms with Crippen LogP contribution >= 0.6 is 0 Å². The van der Waals surface area contributed by atoms with Crippen molar-refractivity contribution in [2.24, 2.45) is 0 Å². The first-order valence-electron chi connectivity index (χ1n) is 6.44. The SMILES string of the molecule is CC1OCCC1c1nc(-c2ccc(C(=O)O)cc2)no1. The standard InChI is InChI=1S/C14H14N2O4/c1-8-11(6-7-19-8)13-15-12(16-20-13)9-2-4-10(5-3-9)14(17)18/h2-5,8,11H,6-7H2,1H3,(H,17,18). The maximum atomic E-state index is 10.8. The van der Waals surface area contributed by atoms with Crippen molar-refractivity contribution in [2.45, 2.75) is 25.4 Å². The Bertz CT molecular complexity index is 620. The molecule has 1 aromatic heterocycles. The van der Waals surface area contributed by atoms with Gasteiger partial charge in [0.2, 0.25) is 11.7 Å². The summed E-state index contributed by atoms with van der Waals surface area (Å²) < 4.78 is 10.8. The highest BCUT2D eigenvalue weighted by Gasteiger charge is 2.30. The van der Waals surface area contributed by atoms with Gasteiger partial charge >= 0.3 is 5.97 Å². The van der Waals surface area contributed by atoms with Crippen LogP contribution in [0.4, 0.5) is 0 Å². The molecule has 104 valence electrons. The Morgan fingerprint density at radius 2 is 2.10 bits per heavy atom. The number of benzene rings is 1. The van der Waals surface area contributed by atoms with Crippen molar-refractivity contribution in [1.29, 1.82) is 0 Å². The van der Waals surface area contributed by atoms with E-state index in [4.69, 9.17) is 14.4 Å². The summed E-state index contributed by atoms with van der Waals surface area (Å²) in [5.74, 6) is 0.222. The molecule has 2 heterocycles. The third-order valence-electron chi connectivity index (χ3n) is 3.53. The molecule has 0 saturated carbocycles. The van der Waals surface area contributed by atoms with Crippen LogP contribution in [0, 0.1) is 0 Å². The van der Waals surface area contributed by atoms with E-state index in [2.05, 4.69) is 10.1 Å². The number of carbonyl (C=O) groups is 1. The molecule has 0 bridgehead atoms. The third-order valence-corrected chi connectivity index (χ3v) is 3.53. The molecule has 3 rings (SSSR count). The number of rotatable bonds is 3. The minimum absolute atomic E-state index is 0.0812. The molecule has 2 aromatic rings. The quantitative estimate of drug-likeness (QED) is 0.924. The van der Waals surface area contributed by atoms with Crippen LogP contribution in [-0.2, 0) is 4.74 Å². The van der Waals surface area contributed by atoms with Crippen LogP contribution in [0.25, 0.3) is 11.4 Å². The summed E-state index contributed by atoms with van der Waals surface area (Å²) in [6.45, 7) is 2.69. The average Bonchev–Trinajstić information content (AvgIpc) is 3.07. The van der Waals surface area contributed by atoms with Gasteiger partial charge in [0, 0.05) is 12.2 Å². The minimum atomic E-state index is -0.956. The second kappa shape index (κ2) is 5.05. The maximum Gasteiger partial charge on any atom is 0.335 e. The first-order valence-corrected chi connectivity index (χ1v) is 6.44. The van der Waals surface area contributed by atoms with Crippen LogP contribution < -0.4 is 0 Å². The van der Waals surface area contributed by atoms with Gasteiger partial charge in [-0.1, -0.05) is 17.3 Å². The van der Waals surface area contributed by atoms with E-state index in [0.717, 1.165) is 12.0 Å². The van der Waals surface area contributed by atoms with Crippen LogP contribution in [0.15, 0.2) is 28.8 Å². The van der Waals surface area contributed by atoms with Crippen molar-refractivity contribution < 1.29 is 19.2 Å². The highest BCUT2D eigenvalue weighted by molar-refractivity contribution is 5.88. The molecule has 6 heteroatoms. The van der Waals surface area contributed by atoms with Gasteiger partial charge in [0.15, 0.2) is 0 Å². The molecule has 1 saturated heterocycles. The van der Waals surface area contributed by atoms with E-state index < -0.39 is 5.97 Å². The van der Waals surface area contributed by atoms with E-state index in [9.17, 15) is 4.79 Å². The maximum absolute atomic E-state index is 10.8. The van der Waals surface area contributed by atoms with Gasteiger partial charge in [0.25, 0.3) is 0 Å². The lowest BCUT2D eigenvalue weighted by molar-refractivity contribution is 0.0697. The summed E-state index contributed by atoms with van der Waals surface area (Å²) in [4.78, 5) is 15.2. The number of hydrogen-bond acceptors (Lipinski definition) is 5. The molecule has 1 N–H and O–H groups in total. The summed E-state index contributed by atoms with van der Waals surface area (Å²) in [5.41, 5.74) is 0.965. The number of aromatic nitrogens is 2. The average molecular weight is 274 g/mol. The van der Waals surface area contributed by atoms with Crippen LogP contribution in [0.3, 0.4) is 0 Å². The smallest absolute Gasteiger partial charge is 0.335 e. The predicted molar refractivity (Wildman–Crippen MR) is 69.5 cm³/mol. The zero-order chi connectivity index (χ0) is 14.1. The van der Waals surface area contributed by atoms with Gasteiger partial charge in [0.1, 0.15) is 0 Å².